The van der Waals surface area contributed by atoms with Crippen LogP contribution >= 0.6 is 15.8 Å². The Labute approximate surface area is 741 Å². The zero-order valence-electron chi connectivity index (χ0n) is 87.2. The highest BCUT2D eigenvalue weighted by Crippen LogP contribution is 3.34. The highest BCUT2D eigenvalue weighted by atomic mass is 31.1. The molecule has 676 valence electrons. The Morgan fingerprint density at radius 1 is 0.229 bits per heavy atom. The first kappa shape index (κ1) is 116. The van der Waals surface area contributed by atoms with Crippen LogP contribution in [0.5, 0.6) is 0 Å². The van der Waals surface area contributed by atoms with Gasteiger partial charge in [0.15, 0.2) is 5.79 Å². The summed E-state index contributed by atoms with van der Waals surface area (Å²) in [6.07, 6.45) is 6.94. The molecule has 0 bridgehead atoms. The number of ether oxygens (including phenoxy) is 2. The maximum atomic E-state index is 5.98. The Kier molecular flexibility index (Phi) is 53.2. The molecule has 6 aromatic rings. The molecular weight excluding hydrogens is 1460 g/mol. The van der Waals surface area contributed by atoms with E-state index in [1.807, 2.05) is 312 Å². The summed E-state index contributed by atoms with van der Waals surface area (Å²) in [5.41, 5.74) is 12.9. The molecule has 118 heavy (non-hydrogen) atoms. The van der Waals surface area contributed by atoms with Crippen molar-refractivity contribution >= 4 is 47.7 Å². The van der Waals surface area contributed by atoms with Gasteiger partial charge in [0.1, 0.15) is 0 Å². The summed E-state index contributed by atoms with van der Waals surface area (Å²) in [5.74, 6) is 20.8. The molecule has 12 atom stereocenters. The van der Waals surface area contributed by atoms with Crippen LogP contribution in [0.1, 0.15) is 360 Å². The van der Waals surface area contributed by atoms with Crippen molar-refractivity contribution in [2.45, 2.75) is 364 Å². The molecule has 0 aromatic heterocycles. The molecule has 0 N–H and O–H groups in total. The Balaban J connectivity index is 0. The van der Waals surface area contributed by atoms with Crippen LogP contribution in [0.25, 0.3) is 0 Å². The predicted molar refractivity (Wildman–Crippen MR) is 545 cm³/mol. The van der Waals surface area contributed by atoms with Crippen LogP contribution in [-0.4, -0.2) is 13.2 Å². The molecule has 12 unspecified atom stereocenters. The van der Waals surface area contributed by atoms with Crippen LogP contribution in [0, 0.1) is 153 Å². The number of hydrogen-bond acceptors (Lipinski definition) is 2. The highest BCUT2D eigenvalue weighted by Gasteiger charge is 3.32. The third-order valence-corrected chi connectivity index (χ3v) is 34.2. The van der Waals surface area contributed by atoms with Gasteiger partial charge in [-0.2, -0.15) is 0 Å². The summed E-state index contributed by atoms with van der Waals surface area (Å²) in [7, 11) is -1.18. The lowest BCUT2D eigenvalue weighted by Crippen LogP contribution is -3.31. The number of rotatable bonds is 7. The van der Waals surface area contributed by atoms with Crippen molar-refractivity contribution in [1.82, 2.24) is 0 Å². The highest BCUT2D eigenvalue weighted by molar-refractivity contribution is 7.80. The van der Waals surface area contributed by atoms with Crippen molar-refractivity contribution in [2.75, 3.05) is 13.2 Å². The Bertz CT molecular complexity index is 3280. The van der Waals surface area contributed by atoms with Crippen molar-refractivity contribution in [3.05, 3.63) is 180 Å². The van der Waals surface area contributed by atoms with E-state index in [2.05, 4.69) is 178 Å². The van der Waals surface area contributed by atoms with Gasteiger partial charge in [0, 0.05) is 5.56 Å². The second-order valence-corrected chi connectivity index (χ2v) is 32.4. The Morgan fingerprint density at radius 3 is 0.669 bits per heavy atom. The average Bonchev–Trinajstić information content (AvgIpc) is 0.507. The summed E-state index contributed by atoms with van der Waals surface area (Å²) >= 11 is 0. The van der Waals surface area contributed by atoms with Gasteiger partial charge in [-0.15, -0.1) is 0 Å². The van der Waals surface area contributed by atoms with E-state index in [0.29, 0.717) is 13.2 Å². The van der Waals surface area contributed by atoms with Crippen LogP contribution in [0.4, 0.5) is 0 Å². The number of hydrogen-bond donors (Lipinski definition) is 0. The monoisotopic (exact) mass is 1660 g/mol. The lowest BCUT2D eigenvalue weighted by atomic mass is 8.70. The summed E-state index contributed by atoms with van der Waals surface area (Å²) < 4.78 is 12.0. The lowest BCUT2D eigenvalue weighted by molar-refractivity contribution is -0.880. The van der Waals surface area contributed by atoms with E-state index in [0.717, 1.165) is 43.5 Å². The fourth-order valence-electron chi connectivity index (χ4n) is 29.3. The van der Waals surface area contributed by atoms with Gasteiger partial charge in [-0.1, -0.05) is 462 Å². The van der Waals surface area contributed by atoms with E-state index in [9.17, 15) is 0 Å². The zero-order chi connectivity index (χ0) is 92.2. The first-order valence-corrected chi connectivity index (χ1v) is 54.3. The summed E-state index contributed by atoms with van der Waals surface area (Å²) in [6, 6.07) is 56.4. The molecule has 1 heterocycles. The molecular formula is C114H198O2P2. The molecule has 1 saturated heterocycles. The number of benzene rings is 6. The largest absolute Gasteiger partial charge is 0.344 e. The quantitative estimate of drug-likeness (QED) is 0.148. The third-order valence-electron chi connectivity index (χ3n) is 28.8. The van der Waals surface area contributed by atoms with Gasteiger partial charge in [0.2, 0.25) is 0 Å². The van der Waals surface area contributed by atoms with Crippen LogP contribution in [-0.2, 0) is 15.3 Å². The fraction of sp³-hybridized carbons (Fsp3) is 0.684. The molecule has 17 aliphatic rings. The molecule has 17 fully saturated rings. The predicted octanol–water partition coefficient (Wildman–Crippen LogP) is 34.1. The van der Waals surface area contributed by atoms with E-state index in [-0.39, 0.29) is 0 Å². The molecule has 2 nitrogen and oxygen atoms in total. The maximum absolute atomic E-state index is 5.98. The second-order valence-electron chi connectivity index (χ2n) is 28.1. The van der Waals surface area contributed by atoms with E-state index in [1.54, 1.807) is 25.7 Å². The first-order chi connectivity index (χ1) is 58.3. The lowest BCUT2D eigenvalue weighted by Gasteiger charge is -3.33. The Hall–Kier alpha value is -3.90. The van der Waals surface area contributed by atoms with Crippen LogP contribution in [0.3, 0.4) is 0 Å². The minimum Gasteiger partial charge on any atom is -0.344 e. The van der Waals surface area contributed by atoms with Crippen LogP contribution < -0.4 is 31.8 Å². The normalized spacial score (nSPS) is 33.4. The molecule has 4 heteroatoms. The topological polar surface area (TPSA) is 18.5 Å². The minimum atomic E-state index is -0.675. The van der Waals surface area contributed by atoms with E-state index in [4.69, 9.17) is 9.47 Å². The third kappa shape index (κ3) is 14.5. The fourth-order valence-corrected chi connectivity index (χ4v) is 34.6. The van der Waals surface area contributed by atoms with Gasteiger partial charge >= 0.3 is 0 Å². The molecule has 0 amide bonds. The Morgan fingerprint density at radius 2 is 0.432 bits per heavy atom. The minimum absolute atomic E-state index is 0.508. The SMILES string of the molecule is C1C2CC3C4C5C6C7C8C9CC%10CC%11C%12C%13C%14C%15C%16C1C23C%164C%155C%146C%137C%128C%10%119.CC.CC.CC.CC.CC.CC.CC.CC.CC.CC.CC.CC.CC.CC.CC.CC.CC.CC.CC.CC.CC.CC.CC1(c2ccccc2P(c2ccccc2)c2ccccc2)OCCO1.Cc1ccccc1P(c1ccccc1C)c1ccccc1C. The van der Waals surface area contributed by atoms with E-state index in [1.165, 1.54) is 143 Å². The first-order valence-electron chi connectivity index (χ1n) is 51.6. The van der Waals surface area contributed by atoms with Crippen molar-refractivity contribution < 1.29 is 9.47 Å². The van der Waals surface area contributed by atoms with Crippen molar-refractivity contribution in [3.63, 3.8) is 0 Å². The van der Waals surface area contributed by atoms with Gasteiger partial charge in [-0.25, -0.2) is 0 Å². The van der Waals surface area contributed by atoms with Crippen molar-refractivity contribution in [3.8, 4) is 0 Å². The molecule has 16 saturated carbocycles. The van der Waals surface area contributed by atoms with Crippen molar-refractivity contribution in [2.24, 2.45) is 133 Å². The van der Waals surface area contributed by atoms with E-state index < -0.39 is 21.6 Å². The second kappa shape index (κ2) is 54.1. The maximum Gasteiger partial charge on any atom is 0.192 e. The smallest absolute Gasteiger partial charge is 0.192 e. The standard InChI is InChI=1S/C27H24.C22H21O2P.C21H21P.22C2H6/c1-5-2-8-12-16-20-18-14-10-4-6-3-9-13-17-19-15-11-7(1)21(5,8)23(11,12)25(15,16)27(19,20)26(17,18)24(13,14)22(6,9)10;1-22(23-16-17-24-22)20-14-8-9-15-21(20)25(18-10-4-2-5-11-18)19-12-6-3-7-13-19;1-16-10-4-7-13-19(16)22(20-14-8-5-11-17(20)2)21-15-9-6-12-18(21)3;22*1-2/h5-20H,1-4H2;2-15H,16-17H2,1H3;4-15H,1-3H3;22*1-2H3. The summed E-state index contributed by atoms with van der Waals surface area (Å²) in [6.45, 7) is 98.0. The van der Waals surface area contributed by atoms with E-state index >= 15 is 0 Å². The number of fused-ring (bicyclic) bond motifs is 12. The van der Waals surface area contributed by atoms with Crippen molar-refractivity contribution in [1.29, 1.82) is 0 Å². The average molecular weight is 1660 g/mol. The molecule has 23 rings (SSSR count). The molecule has 0 radical (unpaired) electrons. The van der Waals surface area contributed by atoms with Crippen LogP contribution in [0.15, 0.2) is 158 Å². The van der Waals surface area contributed by atoms with Gasteiger partial charge in [-0.05, 0) is 250 Å². The zero-order valence-corrected chi connectivity index (χ0v) is 89.0. The molecule has 1 aliphatic heterocycles. The molecule has 16 aliphatic carbocycles. The van der Waals surface area contributed by atoms with Crippen LogP contribution in [0.2, 0.25) is 0 Å². The van der Waals surface area contributed by atoms with Gasteiger partial charge in [0.25, 0.3) is 0 Å². The van der Waals surface area contributed by atoms with Gasteiger partial charge in [0.05, 0.1) is 13.2 Å². The van der Waals surface area contributed by atoms with Gasteiger partial charge in [-0.3, -0.25) is 0 Å². The summed E-state index contributed by atoms with van der Waals surface area (Å²) in [4.78, 5) is 0. The number of aryl methyl sites for hydroxylation is 3. The van der Waals surface area contributed by atoms with Gasteiger partial charge < -0.3 is 9.47 Å². The molecule has 7 spiro atoms. The summed E-state index contributed by atoms with van der Waals surface area (Å²) in [5, 5.41) is 8.33. The molecule has 6 aromatic carbocycles.